The molecule has 3 N–H and O–H groups in total. The standard InChI is InChI=1S/C22H21BrN4O4/c1-12-8-15(3-5-17(12)23)25-22(31)24-10-13-2-4-16-14(9-13)11-27(21(16)30)18-6-7-19(28)26-20(18)29/h2-5,8-9,18H,6-7,10-11H2,1H3,(H2,24,25,31)(H,26,28,29). The molecule has 0 radical (unpaired) electrons. The maximum absolute atomic E-state index is 12.7. The first-order valence-electron chi connectivity index (χ1n) is 9.89. The van der Waals surface area contributed by atoms with Gasteiger partial charge >= 0.3 is 6.03 Å². The van der Waals surface area contributed by atoms with Crippen LogP contribution in [0.25, 0.3) is 0 Å². The molecule has 4 rings (SSSR count). The normalized spacial score (nSPS) is 17.9. The molecule has 1 fully saturated rings. The number of anilines is 1. The highest BCUT2D eigenvalue weighted by Gasteiger charge is 2.39. The number of nitrogens with zero attached hydrogens (tertiary/aromatic N) is 1. The predicted octanol–water partition coefficient (Wildman–Crippen LogP) is 2.84. The van der Waals surface area contributed by atoms with Crippen LogP contribution in [0.5, 0.6) is 0 Å². The lowest BCUT2D eigenvalue weighted by Crippen LogP contribution is -2.52. The Bertz CT molecular complexity index is 1100. The van der Waals surface area contributed by atoms with Crippen molar-refractivity contribution in [2.45, 2.75) is 38.9 Å². The number of benzene rings is 2. The lowest BCUT2D eigenvalue weighted by molar-refractivity contribution is -0.136. The van der Waals surface area contributed by atoms with Crippen LogP contribution in [0, 0.1) is 6.92 Å². The van der Waals surface area contributed by atoms with Crippen LogP contribution in [0.4, 0.5) is 10.5 Å². The number of urea groups is 1. The van der Waals surface area contributed by atoms with E-state index in [0.717, 1.165) is 21.2 Å². The third-order valence-electron chi connectivity index (χ3n) is 5.46. The van der Waals surface area contributed by atoms with Crippen LogP contribution < -0.4 is 16.0 Å². The number of hydrogen-bond donors (Lipinski definition) is 3. The Balaban J connectivity index is 1.38. The van der Waals surface area contributed by atoms with E-state index < -0.39 is 11.9 Å². The van der Waals surface area contributed by atoms with Crippen molar-refractivity contribution in [2.75, 3.05) is 5.32 Å². The number of rotatable bonds is 4. The quantitative estimate of drug-likeness (QED) is 0.579. The average molecular weight is 485 g/mol. The largest absolute Gasteiger partial charge is 0.334 e. The fourth-order valence-electron chi connectivity index (χ4n) is 3.82. The number of piperidine rings is 1. The Kier molecular flexibility index (Phi) is 5.77. The topological polar surface area (TPSA) is 108 Å². The highest BCUT2D eigenvalue weighted by atomic mass is 79.9. The van der Waals surface area contributed by atoms with Gasteiger partial charge in [-0.05, 0) is 54.3 Å². The summed E-state index contributed by atoms with van der Waals surface area (Å²) in [6.07, 6.45) is 0.549. The monoisotopic (exact) mass is 484 g/mol. The fraction of sp³-hybridized carbons (Fsp3) is 0.273. The third-order valence-corrected chi connectivity index (χ3v) is 6.35. The number of imide groups is 1. The molecule has 0 saturated carbocycles. The first-order chi connectivity index (χ1) is 14.8. The summed E-state index contributed by atoms with van der Waals surface area (Å²) >= 11 is 3.43. The lowest BCUT2D eigenvalue weighted by Gasteiger charge is -2.29. The van der Waals surface area contributed by atoms with E-state index in [1.54, 1.807) is 18.2 Å². The van der Waals surface area contributed by atoms with E-state index >= 15 is 0 Å². The number of hydrogen-bond acceptors (Lipinski definition) is 4. The summed E-state index contributed by atoms with van der Waals surface area (Å²) in [6.45, 7) is 2.54. The molecular formula is C22H21BrN4O4. The van der Waals surface area contributed by atoms with E-state index in [4.69, 9.17) is 0 Å². The molecule has 5 amide bonds. The highest BCUT2D eigenvalue weighted by molar-refractivity contribution is 9.10. The molecule has 2 heterocycles. The van der Waals surface area contributed by atoms with Gasteiger partial charge in [0, 0.05) is 35.2 Å². The van der Waals surface area contributed by atoms with Crippen LogP contribution in [0.2, 0.25) is 0 Å². The number of halogens is 1. The number of aryl methyl sites for hydroxylation is 1. The van der Waals surface area contributed by atoms with Crippen LogP contribution in [0.1, 0.15) is 39.9 Å². The van der Waals surface area contributed by atoms with E-state index in [9.17, 15) is 19.2 Å². The van der Waals surface area contributed by atoms with Crippen molar-refractivity contribution in [3.63, 3.8) is 0 Å². The van der Waals surface area contributed by atoms with Crippen LogP contribution in [-0.2, 0) is 22.7 Å². The van der Waals surface area contributed by atoms with Crippen molar-refractivity contribution in [1.29, 1.82) is 0 Å². The van der Waals surface area contributed by atoms with E-state index in [-0.39, 0.29) is 24.3 Å². The number of nitrogens with one attached hydrogen (secondary N) is 3. The summed E-state index contributed by atoms with van der Waals surface area (Å²) in [5.74, 6) is -0.957. The van der Waals surface area contributed by atoms with E-state index in [1.807, 2.05) is 25.1 Å². The van der Waals surface area contributed by atoms with Crippen LogP contribution in [0.15, 0.2) is 40.9 Å². The maximum Gasteiger partial charge on any atom is 0.319 e. The Morgan fingerprint density at radius 1 is 1.19 bits per heavy atom. The molecular weight excluding hydrogens is 464 g/mol. The Labute approximate surface area is 187 Å². The minimum absolute atomic E-state index is 0.215. The Morgan fingerprint density at radius 2 is 2.00 bits per heavy atom. The van der Waals surface area contributed by atoms with Gasteiger partial charge in [0.2, 0.25) is 11.8 Å². The number of carbonyl (C=O) groups excluding carboxylic acids is 4. The second-order valence-corrected chi connectivity index (χ2v) is 8.52. The smallest absolute Gasteiger partial charge is 0.319 e. The molecule has 2 aliphatic rings. The molecule has 160 valence electrons. The second kappa shape index (κ2) is 8.50. The molecule has 2 aliphatic heterocycles. The molecule has 0 aliphatic carbocycles. The van der Waals surface area contributed by atoms with Crippen molar-refractivity contribution in [3.05, 3.63) is 63.1 Å². The molecule has 1 saturated heterocycles. The lowest BCUT2D eigenvalue weighted by atomic mass is 10.0. The SMILES string of the molecule is Cc1cc(NC(=O)NCc2ccc3c(c2)CN(C2CCC(=O)NC2=O)C3=O)ccc1Br. The number of amides is 5. The summed E-state index contributed by atoms with van der Waals surface area (Å²) in [6, 6.07) is 9.95. The van der Waals surface area contributed by atoms with Crippen molar-refractivity contribution in [2.24, 2.45) is 0 Å². The van der Waals surface area contributed by atoms with Crippen molar-refractivity contribution < 1.29 is 19.2 Å². The predicted molar refractivity (Wildman–Crippen MR) is 117 cm³/mol. The van der Waals surface area contributed by atoms with Crippen LogP contribution >= 0.6 is 15.9 Å². The van der Waals surface area contributed by atoms with Gasteiger partial charge in [-0.25, -0.2) is 4.79 Å². The van der Waals surface area contributed by atoms with Gasteiger partial charge in [-0.15, -0.1) is 0 Å². The summed E-state index contributed by atoms with van der Waals surface area (Å²) in [5.41, 5.74) is 3.90. The minimum Gasteiger partial charge on any atom is -0.334 e. The van der Waals surface area contributed by atoms with Crippen LogP contribution in [-0.4, -0.2) is 34.7 Å². The van der Waals surface area contributed by atoms with Gasteiger partial charge in [0.25, 0.3) is 5.91 Å². The zero-order chi connectivity index (χ0) is 22.1. The van der Waals surface area contributed by atoms with Gasteiger partial charge in [0.1, 0.15) is 6.04 Å². The second-order valence-electron chi connectivity index (χ2n) is 7.66. The van der Waals surface area contributed by atoms with Gasteiger partial charge < -0.3 is 15.5 Å². The molecule has 31 heavy (non-hydrogen) atoms. The summed E-state index contributed by atoms with van der Waals surface area (Å²) in [4.78, 5) is 50.0. The van der Waals surface area contributed by atoms with Crippen molar-refractivity contribution >= 4 is 45.4 Å². The fourth-order valence-corrected chi connectivity index (χ4v) is 4.06. The van der Waals surface area contributed by atoms with E-state index in [0.29, 0.717) is 30.8 Å². The zero-order valence-corrected chi connectivity index (χ0v) is 18.4. The first kappa shape index (κ1) is 21.0. The van der Waals surface area contributed by atoms with Gasteiger partial charge in [-0.3, -0.25) is 19.7 Å². The number of fused-ring (bicyclic) bond motifs is 1. The molecule has 1 unspecified atom stereocenters. The van der Waals surface area contributed by atoms with Gasteiger partial charge in [0.05, 0.1) is 0 Å². The molecule has 1 atom stereocenters. The Morgan fingerprint density at radius 3 is 2.74 bits per heavy atom. The highest BCUT2D eigenvalue weighted by Crippen LogP contribution is 2.28. The third kappa shape index (κ3) is 4.46. The summed E-state index contributed by atoms with van der Waals surface area (Å²) < 4.78 is 0.970. The van der Waals surface area contributed by atoms with Crippen molar-refractivity contribution in [3.8, 4) is 0 Å². The molecule has 9 heteroatoms. The molecule has 0 spiro atoms. The van der Waals surface area contributed by atoms with Crippen molar-refractivity contribution in [1.82, 2.24) is 15.5 Å². The summed E-state index contributed by atoms with van der Waals surface area (Å²) in [7, 11) is 0. The Hall–Kier alpha value is -3.20. The first-order valence-corrected chi connectivity index (χ1v) is 10.7. The molecule has 2 aromatic carbocycles. The maximum atomic E-state index is 12.7. The minimum atomic E-state index is -0.640. The van der Waals surface area contributed by atoms with Gasteiger partial charge in [-0.2, -0.15) is 0 Å². The van der Waals surface area contributed by atoms with E-state index in [1.165, 1.54) is 4.90 Å². The number of carbonyl (C=O) groups is 4. The summed E-state index contributed by atoms with van der Waals surface area (Å²) in [5, 5.41) is 7.90. The molecule has 2 aromatic rings. The average Bonchev–Trinajstić information content (AvgIpc) is 3.05. The van der Waals surface area contributed by atoms with Gasteiger partial charge in [0.15, 0.2) is 0 Å². The molecule has 0 bridgehead atoms. The zero-order valence-electron chi connectivity index (χ0n) is 16.8. The molecule has 8 nitrogen and oxygen atoms in total. The van der Waals surface area contributed by atoms with E-state index in [2.05, 4.69) is 31.9 Å². The van der Waals surface area contributed by atoms with Gasteiger partial charge in [-0.1, -0.05) is 28.1 Å². The van der Waals surface area contributed by atoms with Crippen LogP contribution in [0.3, 0.4) is 0 Å². The molecule has 0 aromatic heterocycles.